The van der Waals surface area contributed by atoms with Crippen molar-refractivity contribution in [2.75, 3.05) is 41.5 Å². The number of hydrogen-bond acceptors (Lipinski definition) is 26. The number of aliphatic carboxylic acids is 1. The van der Waals surface area contributed by atoms with E-state index in [9.17, 15) is 68.1 Å². The molecule has 4 heterocycles. The number of unbranched alkanes of at least 4 members (excludes halogenated alkanes) is 2. The Labute approximate surface area is 566 Å². The molecule has 1 saturated heterocycles. The van der Waals surface area contributed by atoms with E-state index in [2.05, 4.69) is 36.9 Å². The van der Waals surface area contributed by atoms with Crippen molar-refractivity contribution in [2.45, 2.75) is 173 Å². The number of phenolic OH excluding ortho intramolecular Hbond substituents is 2. The third kappa shape index (κ3) is 21.1. The number of ether oxygens (including phenoxy) is 9. The van der Waals surface area contributed by atoms with Crippen LogP contribution in [0.15, 0.2) is 60.8 Å². The zero-order chi connectivity index (χ0) is 70.9. The molecule has 1 fully saturated rings. The van der Waals surface area contributed by atoms with E-state index in [0.29, 0.717) is 53.2 Å². The normalized spacial score (nSPS) is 18.5. The summed E-state index contributed by atoms with van der Waals surface area (Å²) in [5.74, 6) is -6.87. The van der Waals surface area contributed by atoms with E-state index in [0.717, 1.165) is 34.1 Å². The van der Waals surface area contributed by atoms with Gasteiger partial charge in [0.2, 0.25) is 23.6 Å². The number of phenols is 2. The predicted molar refractivity (Wildman–Crippen MR) is 344 cm³/mol. The summed E-state index contributed by atoms with van der Waals surface area (Å²) >= 11 is 2.47. The van der Waals surface area contributed by atoms with E-state index in [-0.39, 0.29) is 77.6 Å². The van der Waals surface area contributed by atoms with Crippen molar-refractivity contribution in [1.29, 1.82) is 0 Å². The zero-order valence-electron chi connectivity index (χ0n) is 54.8. The molecule has 3 aromatic carbocycles. The Morgan fingerprint density at radius 1 is 0.691 bits per heavy atom. The largest absolute Gasteiger partial charge is 0.508 e. The molecule has 526 valence electrons. The van der Waals surface area contributed by atoms with Crippen molar-refractivity contribution < 1.29 is 111 Å². The van der Waals surface area contributed by atoms with E-state index in [4.69, 9.17) is 42.6 Å². The molecule has 1 aromatic heterocycles. The molecule has 97 heavy (non-hydrogen) atoms. The van der Waals surface area contributed by atoms with Crippen molar-refractivity contribution >= 4 is 94.7 Å². The number of nitrogens with one attached hydrogen (secondary N) is 5. The van der Waals surface area contributed by atoms with Crippen molar-refractivity contribution in [1.82, 2.24) is 36.3 Å². The van der Waals surface area contributed by atoms with Gasteiger partial charge < -0.3 is 84.5 Å². The Bertz CT molecular complexity index is 3510. The topological polar surface area (TPSA) is 422 Å². The first kappa shape index (κ1) is 75.2. The van der Waals surface area contributed by atoms with Gasteiger partial charge in [0, 0.05) is 99.3 Å². The monoisotopic (exact) mass is 1390 g/mol. The van der Waals surface area contributed by atoms with Crippen LogP contribution < -0.4 is 31.3 Å². The third-order valence-corrected chi connectivity index (χ3v) is 17.1. The van der Waals surface area contributed by atoms with Gasteiger partial charge in [0.1, 0.15) is 65.5 Å². The highest BCUT2D eigenvalue weighted by Gasteiger charge is 2.55. The lowest BCUT2D eigenvalue weighted by Gasteiger charge is -2.44. The zero-order valence-corrected chi connectivity index (χ0v) is 56.5. The summed E-state index contributed by atoms with van der Waals surface area (Å²) in [6.45, 7) is 11.9. The van der Waals surface area contributed by atoms with Gasteiger partial charge >= 0.3 is 41.9 Å². The van der Waals surface area contributed by atoms with Crippen LogP contribution in [-0.4, -0.2) is 193 Å². The van der Waals surface area contributed by atoms with Crippen LogP contribution in [0.4, 0.5) is 10.5 Å². The molecule has 7 rings (SSSR count). The number of aryl methyl sites for hydroxylation is 2. The van der Waals surface area contributed by atoms with Gasteiger partial charge in [-0.1, -0.05) is 17.7 Å². The first-order valence-electron chi connectivity index (χ1n) is 31.0. The molecule has 31 nitrogen and oxygen atoms in total. The van der Waals surface area contributed by atoms with Gasteiger partial charge in [0.25, 0.3) is 0 Å². The summed E-state index contributed by atoms with van der Waals surface area (Å²) in [6, 6.07) is 8.62. The molecule has 4 aromatic rings. The average molecular weight is 1390 g/mol. The fourth-order valence-electron chi connectivity index (χ4n) is 10.4. The first-order chi connectivity index (χ1) is 45.9. The lowest BCUT2D eigenvalue weighted by molar-refractivity contribution is -0.308. The molecule has 0 aliphatic carbocycles. The number of hydrogen-bond donors (Lipinski definition) is 8. The van der Waals surface area contributed by atoms with Crippen LogP contribution in [0.5, 0.6) is 23.0 Å². The summed E-state index contributed by atoms with van der Waals surface area (Å²) < 4.78 is 52.4. The number of carbonyl (C=O) groups excluding carboxylic acids is 10. The van der Waals surface area contributed by atoms with Crippen molar-refractivity contribution in [3.05, 3.63) is 88.7 Å². The fraction of sp³-hybridized carbons (Fsp3) is 0.516. The molecular weight excluding hydrogens is 1310 g/mol. The van der Waals surface area contributed by atoms with Crippen LogP contribution in [-0.2, 0) is 99.6 Å². The Kier molecular flexibility index (Phi) is 26.5. The fourth-order valence-corrected chi connectivity index (χ4v) is 12.4. The number of benzene rings is 3. The highest BCUT2D eigenvalue weighted by atomic mass is 32.2. The third-order valence-electron chi connectivity index (χ3n) is 14.8. The molecule has 8 N–H and O–H groups in total. The molecule has 0 bridgehead atoms. The smallest absolute Gasteiger partial charge is 0.408 e. The number of rotatable bonds is 32. The summed E-state index contributed by atoms with van der Waals surface area (Å²) in [6.07, 6.45) is -3.48. The number of carbonyl (C=O) groups is 11. The minimum Gasteiger partial charge on any atom is -0.508 e. The van der Waals surface area contributed by atoms with Crippen LogP contribution in [0.3, 0.4) is 0 Å². The number of fused-ring (bicyclic) bond motifs is 6. The lowest BCUT2D eigenvalue weighted by Crippen LogP contribution is -2.63. The van der Waals surface area contributed by atoms with Crippen molar-refractivity contribution in [3.8, 4) is 23.0 Å². The molecule has 3 aliphatic heterocycles. The molecule has 33 heteroatoms. The number of aromatic hydroxyl groups is 2. The van der Waals surface area contributed by atoms with Crippen molar-refractivity contribution in [2.24, 2.45) is 0 Å². The summed E-state index contributed by atoms with van der Waals surface area (Å²) in [4.78, 5) is 141. The maximum absolute atomic E-state index is 13.9. The van der Waals surface area contributed by atoms with Crippen LogP contribution in [0.1, 0.15) is 127 Å². The van der Waals surface area contributed by atoms with Crippen molar-refractivity contribution in [3.63, 3.8) is 0 Å². The molecular formula is C64H80N8O23S2. The molecule has 0 radical (unpaired) electrons. The second kappa shape index (κ2) is 34.1. The summed E-state index contributed by atoms with van der Waals surface area (Å²) in [5.41, 5.74) is 0.220. The number of esters is 5. The molecule has 0 unspecified atom stereocenters. The number of alkyl carbamates (subject to hydrolysis) is 1. The average Bonchev–Trinajstić information content (AvgIpc) is 1.60. The minimum absolute atomic E-state index is 0.00382. The molecule has 5 amide bonds. The molecule has 9 atom stereocenters. The Balaban J connectivity index is 0.845. The van der Waals surface area contributed by atoms with Gasteiger partial charge in [-0.15, -0.1) is 5.10 Å². The maximum atomic E-state index is 13.9. The Hall–Kier alpha value is -9.21. The number of thioether (sulfide) groups is 2. The molecule has 0 saturated carbocycles. The second-order valence-electron chi connectivity index (χ2n) is 23.9. The highest BCUT2D eigenvalue weighted by Crippen LogP contribution is 2.57. The lowest BCUT2D eigenvalue weighted by atomic mass is 9.77. The van der Waals surface area contributed by atoms with Crippen LogP contribution in [0.25, 0.3) is 0 Å². The van der Waals surface area contributed by atoms with Crippen LogP contribution in [0.2, 0.25) is 0 Å². The van der Waals surface area contributed by atoms with E-state index >= 15 is 0 Å². The quantitative estimate of drug-likeness (QED) is 0.0190. The number of nitrogens with zero attached hydrogens (tertiary/aromatic N) is 3. The van der Waals surface area contributed by atoms with Gasteiger partial charge in [-0.05, 0) is 102 Å². The van der Waals surface area contributed by atoms with E-state index < -0.39 is 132 Å². The number of anilines is 1. The Morgan fingerprint density at radius 3 is 1.90 bits per heavy atom. The standard InChI is InChI=1S/C64H80N8O23S2/c1-33(65-58(82)47(68-57(81)34(2)66-62(86)95-63(7,8)9)31-97-25-13-23-87-61-55(91-38(6)76)54(90-37(5)75)53(89-36(4)74)51(93-61)30-88-35(3)73)56(80)69-48(59(83)84)32-96-24-12-10-11-22-72-29-40(70-71-72)15-21-52(79)67-39-14-18-44-43(26-39)60(85)94-64(44)45-19-16-41(77)27-49(45)92-50-28-42(78)17-20-46(50)64/h14,16-20,26-29,33-34,47-48,51,53-55,61,77-78H,10-13,15,21-25,30-32H2,1-9H3,(H,65,82)(H,66,86)(H,67,79)(H,68,81)(H,69,80)(H,83,84)/t33-,34-,47-,48-,51+,53-,54-,55+,61+/m0/s1. The summed E-state index contributed by atoms with van der Waals surface area (Å²) in [7, 11) is 0. The highest BCUT2D eigenvalue weighted by molar-refractivity contribution is 7.99. The SMILES string of the molecule is CC(=O)OC[C@H]1O[C@@H](OCCCSC[C@H](NC(=O)[C@H](C)NC(=O)OC(C)(C)C)C(=O)N[C@@H](C)C(=O)N[C@@H](CSCCCCCn2cc(CCC(=O)Nc3ccc4c(c3)C(=O)OC43c4ccc(O)cc4Oc4cc(O)ccc43)nn2)C(=O)O)[C@H](OC(C)=O)[C@@H](OC(C)=O)[C@H]1OC(C)=O. The van der Waals surface area contributed by atoms with E-state index in [1.165, 1.54) is 67.7 Å². The van der Waals surface area contributed by atoms with Gasteiger partial charge in [0.05, 0.1) is 17.9 Å². The van der Waals surface area contributed by atoms with Crippen LogP contribution in [0, 0.1) is 0 Å². The number of carboxylic acids is 1. The maximum Gasteiger partial charge on any atom is 0.408 e. The predicted octanol–water partition coefficient (Wildman–Crippen LogP) is 4.43. The van der Waals surface area contributed by atoms with Gasteiger partial charge in [-0.25, -0.2) is 14.4 Å². The van der Waals surface area contributed by atoms with Gasteiger partial charge in [-0.2, -0.15) is 23.5 Å². The van der Waals surface area contributed by atoms with Gasteiger partial charge in [0.15, 0.2) is 30.2 Å². The van der Waals surface area contributed by atoms with E-state index in [1.54, 1.807) is 55.9 Å². The van der Waals surface area contributed by atoms with E-state index in [1.807, 2.05) is 0 Å². The van der Waals surface area contributed by atoms with Gasteiger partial charge in [-0.3, -0.25) is 43.0 Å². The first-order valence-corrected chi connectivity index (χ1v) is 33.3. The molecule has 3 aliphatic rings. The number of carboxylic acid groups (broad SMARTS) is 1. The Morgan fingerprint density at radius 2 is 1.28 bits per heavy atom. The molecule has 1 spiro atoms. The number of aromatic nitrogens is 3. The number of amides is 5. The minimum atomic E-state index is -1.46. The second-order valence-corrected chi connectivity index (χ2v) is 26.2. The van der Waals surface area contributed by atoms with Crippen LogP contribution >= 0.6 is 23.5 Å². The summed E-state index contributed by atoms with van der Waals surface area (Å²) in [5, 5.41) is 51.7.